The lowest BCUT2D eigenvalue weighted by atomic mass is 10.1. The monoisotopic (exact) mass is 355 g/mol. The van der Waals surface area contributed by atoms with E-state index in [1.54, 1.807) is 6.21 Å². The number of aromatic nitrogens is 1. The molecule has 0 radical (unpaired) electrons. The average Bonchev–Trinajstić information content (AvgIpc) is 3.06. The van der Waals surface area contributed by atoms with Crippen LogP contribution < -0.4 is 5.32 Å². The smallest absolute Gasteiger partial charge is 0.272 e. The van der Waals surface area contributed by atoms with Gasteiger partial charge in [0.25, 0.3) is 5.91 Å². The van der Waals surface area contributed by atoms with Crippen LogP contribution in [0.5, 0.6) is 0 Å². The number of para-hydroxylation sites is 1. The summed E-state index contributed by atoms with van der Waals surface area (Å²) in [6.07, 6.45) is 4.97. The molecule has 3 aromatic rings. The molecule has 2 aromatic carbocycles. The molecule has 0 spiro atoms. The van der Waals surface area contributed by atoms with Crippen molar-refractivity contribution in [1.82, 2.24) is 4.57 Å². The first-order valence-electron chi connectivity index (χ1n) is 8.71. The van der Waals surface area contributed by atoms with E-state index in [0.29, 0.717) is 24.2 Å². The number of carbonyl (C=O) groups is 1. The van der Waals surface area contributed by atoms with Gasteiger partial charge >= 0.3 is 0 Å². The molecule has 0 unspecified atom stereocenters. The molecule has 0 bridgehead atoms. The number of hydrogen-bond acceptors (Lipinski definition) is 4. The molecule has 1 aliphatic rings. The van der Waals surface area contributed by atoms with Gasteiger partial charge in [0.2, 0.25) is 0 Å². The minimum atomic E-state index is -0.215. The summed E-state index contributed by atoms with van der Waals surface area (Å²) >= 11 is 0. The van der Waals surface area contributed by atoms with Crippen molar-refractivity contribution in [1.29, 1.82) is 5.26 Å². The molecular weight excluding hydrogens is 338 g/mol. The van der Waals surface area contributed by atoms with Gasteiger partial charge in [-0.1, -0.05) is 30.3 Å². The van der Waals surface area contributed by atoms with Gasteiger partial charge in [0.1, 0.15) is 5.71 Å². The number of anilines is 1. The highest BCUT2D eigenvalue weighted by Gasteiger charge is 2.16. The molecule has 132 valence electrons. The van der Waals surface area contributed by atoms with Gasteiger partial charge in [0.05, 0.1) is 22.8 Å². The topological polar surface area (TPSA) is 82.5 Å². The zero-order valence-corrected chi connectivity index (χ0v) is 14.6. The molecule has 1 aromatic heterocycles. The minimum Gasteiger partial charge on any atom is -0.341 e. The summed E-state index contributed by atoms with van der Waals surface area (Å²) in [4.78, 5) is 12.5. The van der Waals surface area contributed by atoms with Crippen molar-refractivity contribution in [2.75, 3.05) is 5.32 Å². The Balaban J connectivity index is 1.64. The Bertz CT molecular complexity index is 1100. The second kappa shape index (κ2) is 7.26. The molecule has 0 fully saturated rings. The second-order valence-electron chi connectivity index (χ2n) is 6.33. The minimum absolute atomic E-state index is 0.215. The van der Waals surface area contributed by atoms with Crippen LogP contribution in [0.3, 0.4) is 0 Å². The predicted octanol–water partition coefficient (Wildman–Crippen LogP) is 3.72. The summed E-state index contributed by atoms with van der Waals surface area (Å²) in [5.41, 5.74) is 3.95. The molecule has 6 nitrogen and oxygen atoms in total. The molecule has 1 N–H and O–H groups in total. The van der Waals surface area contributed by atoms with E-state index in [-0.39, 0.29) is 5.91 Å². The third kappa shape index (κ3) is 3.48. The average molecular weight is 355 g/mol. The van der Waals surface area contributed by atoms with Crippen LogP contribution in [0.25, 0.3) is 10.9 Å². The summed E-state index contributed by atoms with van der Waals surface area (Å²) in [6, 6.07) is 17.6. The number of amides is 1. The van der Waals surface area contributed by atoms with Gasteiger partial charge in [0.15, 0.2) is 0 Å². The second-order valence-corrected chi connectivity index (χ2v) is 6.33. The maximum Gasteiger partial charge on any atom is 0.272 e. The third-order valence-electron chi connectivity index (χ3n) is 4.51. The van der Waals surface area contributed by atoms with Gasteiger partial charge in [-0.05, 0) is 30.2 Å². The Hall–Kier alpha value is -3.72. The SMILES string of the molecule is N#Cc1ccc(Cn2cc(NC(=O)C3=NN=CCC3)c3ccccc32)cc1. The van der Waals surface area contributed by atoms with E-state index in [1.165, 1.54) is 0 Å². The fourth-order valence-corrected chi connectivity index (χ4v) is 3.13. The highest BCUT2D eigenvalue weighted by molar-refractivity contribution is 6.43. The quantitative estimate of drug-likeness (QED) is 0.774. The number of hydrogen-bond donors (Lipinski definition) is 1. The Morgan fingerprint density at radius 2 is 2.00 bits per heavy atom. The first-order valence-corrected chi connectivity index (χ1v) is 8.71. The molecule has 1 aliphatic heterocycles. The largest absolute Gasteiger partial charge is 0.341 e. The molecule has 0 saturated carbocycles. The van der Waals surface area contributed by atoms with E-state index in [0.717, 1.165) is 28.6 Å². The van der Waals surface area contributed by atoms with Crippen LogP contribution in [0.15, 0.2) is 64.9 Å². The Morgan fingerprint density at radius 3 is 2.74 bits per heavy atom. The molecule has 4 rings (SSSR count). The summed E-state index contributed by atoms with van der Waals surface area (Å²) in [5.74, 6) is -0.215. The predicted molar refractivity (Wildman–Crippen MR) is 106 cm³/mol. The number of fused-ring (bicyclic) bond motifs is 1. The molecule has 0 saturated heterocycles. The summed E-state index contributed by atoms with van der Waals surface area (Å²) in [5, 5.41) is 20.7. The fraction of sp³-hybridized carbons (Fsp3) is 0.143. The van der Waals surface area contributed by atoms with E-state index in [2.05, 4.69) is 26.2 Å². The first-order chi connectivity index (χ1) is 13.2. The van der Waals surface area contributed by atoms with Gasteiger partial charge in [-0.25, -0.2) is 0 Å². The van der Waals surface area contributed by atoms with Crippen LogP contribution >= 0.6 is 0 Å². The lowest BCUT2D eigenvalue weighted by Gasteiger charge is -2.07. The van der Waals surface area contributed by atoms with E-state index in [1.807, 2.05) is 54.7 Å². The van der Waals surface area contributed by atoms with Crippen molar-refractivity contribution in [2.45, 2.75) is 19.4 Å². The number of nitriles is 1. The molecule has 6 heteroatoms. The number of nitrogens with one attached hydrogen (secondary N) is 1. The maximum atomic E-state index is 12.5. The van der Waals surface area contributed by atoms with Crippen molar-refractivity contribution >= 4 is 34.4 Å². The van der Waals surface area contributed by atoms with Gasteiger partial charge in [-0.2, -0.15) is 15.5 Å². The van der Waals surface area contributed by atoms with Crippen molar-refractivity contribution in [3.63, 3.8) is 0 Å². The Labute approximate surface area is 156 Å². The first kappa shape index (κ1) is 16.7. The summed E-state index contributed by atoms with van der Waals surface area (Å²) in [7, 11) is 0. The highest BCUT2D eigenvalue weighted by atomic mass is 16.2. The van der Waals surface area contributed by atoms with Crippen molar-refractivity contribution in [2.24, 2.45) is 10.2 Å². The van der Waals surface area contributed by atoms with Crippen LogP contribution in [-0.4, -0.2) is 22.4 Å². The molecule has 1 amide bonds. The van der Waals surface area contributed by atoms with Crippen LogP contribution in [-0.2, 0) is 11.3 Å². The van der Waals surface area contributed by atoms with E-state index in [9.17, 15) is 4.79 Å². The molecule has 27 heavy (non-hydrogen) atoms. The zero-order valence-electron chi connectivity index (χ0n) is 14.6. The number of benzene rings is 2. The molecule has 2 heterocycles. The molecule has 0 atom stereocenters. The maximum absolute atomic E-state index is 12.5. The van der Waals surface area contributed by atoms with Crippen LogP contribution in [0.4, 0.5) is 5.69 Å². The van der Waals surface area contributed by atoms with Crippen LogP contribution in [0.1, 0.15) is 24.0 Å². The third-order valence-corrected chi connectivity index (χ3v) is 4.51. The number of nitrogens with zero attached hydrogens (tertiary/aromatic N) is 4. The highest BCUT2D eigenvalue weighted by Crippen LogP contribution is 2.27. The standard InChI is InChI=1S/C21H17N5O/c22-12-15-7-9-16(10-8-15)13-26-14-19(17-4-1-2-6-20(17)26)24-21(27)18-5-3-11-23-25-18/h1-2,4,6-11,14H,3,5,13H2,(H,24,27). The van der Waals surface area contributed by atoms with Gasteiger partial charge in [-0.3, -0.25) is 4.79 Å². The zero-order chi connectivity index (χ0) is 18.6. The van der Waals surface area contributed by atoms with Crippen molar-refractivity contribution in [3.8, 4) is 6.07 Å². The normalized spacial score (nSPS) is 13.2. The van der Waals surface area contributed by atoms with Gasteiger partial charge in [0, 0.05) is 30.8 Å². The van der Waals surface area contributed by atoms with Gasteiger partial charge < -0.3 is 9.88 Å². The van der Waals surface area contributed by atoms with Crippen LogP contribution in [0.2, 0.25) is 0 Å². The van der Waals surface area contributed by atoms with E-state index >= 15 is 0 Å². The number of rotatable bonds is 4. The van der Waals surface area contributed by atoms with Crippen LogP contribution in [0, 0.1) is 11.3 Å². The fourth-order valence-electron chi connectivity index (χ4n) is 3.13. The lowest BCUT2D eigenvalue weighted by Crippen LogP contribution is -2.23. The van der Waals surface area contributed by atoms with Crippen molar-refractivity contribution in [3.05, 3.63) is 65.9 Å². The lowest BCUT2D eigenvalue weighted by molar-refractivity contribution is -0.110. The van der Waals surface area contributed by atoms with Gasteiger partial charge in [-0.15, -0.1) is 0 Å². The van der Waals surface area contributed by atoms with E-state index in [4.69, 9.17) is 5.26 Å². The molecular formula is C21H17N5O. The molecule has 0 aliphatic carbocycles. The Kier molecular flexibility index (Phi) is 4.50. The Morgan fingerprint density at radius 1 is 1.19 bits per heavy atom. The summed E-state index contributed by atoms with van der Waals surface area (Å²) in [6.45, 7) is 0.646. The van der Waals surface area contributed by atoms with E-state index < -0.39 is 0 Å². The summed E-state index contributed by atoms with van der Waals surface area (Å²) < 4.78 is 2.09. The number of carbonyl (C=O) groups excluding carboxylic acids is 1. The van der Waals surface area contributed by atoms with Crippen molar-refractivity contribution < 1.29 is 4.79 Å².